The highest BCUT2D eigenvalue weighted by Gasteiger charge is 2.34. The van der Waals surface area contributed by atoms with E-state index in [1.807, 2.05) is 33.8 Å². The van der Waals surface area contributed by atoms with Crippen LogP contribution in [0.1, 0.15) is 35.1 Å². The number of nitrogens with one attached hydrogen (secondary N) is 1. The fourth-order valence-corrected chi connectivity index (χ4v) is 6.38. The number of aryl methyl sites for hydroxylation is 2. The number of piperidine rings is 1. The molecule has 0 bridgehead atoms. The Balaban J connectivity index is 1.73. The summed E-state index contributed by atoms with van der Waals surface area (Å²) in [5, 5.41) is 2.81. The summed E-state index contributed by atoms with van der Waals surface area (Å²) in [6, 6.07) is 6.08. The van der Waals surface area contributed by atoms with Crippen LogP contribution in [0.4, 0.5) is 10.1 Å². The number of hydrogen-bond acceptors (Lipinski definition) is 3. The Hall–Kier alpha value is -1.77. The van der Waals surface area contributed by atoms with Crippen LogP contribution in [0, 0.1) is 39.4 Å². The van der Waals surface area contributed by atoms with E-state index in [0.29, 0.717) is 27.9 Å². The van der Waals surface area contributed by atoms with Crippen LogP contribution in [0.2, 0.25) is 0 Å². The molecular formula is C22H26BrFN2O3S. The zero-order valence-corrected chi connectivity index (χ0v) is 20.0. The second-order valence-corrected chi connectivity index (χ2v) is 10.6. The first-order valence-corrected chi connectivity index (χ1v) is 12.1. The molecule has 8 heteroatoms. The lowest BCUT2D eigenvalue weighted by atomic mass is 9.97. The fourth-order valence-electron chi connectivity index (χ4n) is 3.88. The Morgan fingerprint density at radius 2 is 1.63 bits per heavy atom. The Labute approximate surface area is 185 Å². The quantitative estimate of drug-likeness (QED) is 0.656. The monoisotopic (exact) mass is 496 g/mol. The lowest BCUT2D eigenvalue weighted by molar-refractivity contribution is -0.120. The van der Waals surface area contributed by atoms with Crippen LogP contribution in [0.3, 0.4) is 0 Å². The lowest BCUT2D eigenvalue weighted by Gasteiger charge is -2.32. The molecule has 2 aromatic rings. The van der Waals surface area contributed by atoms with E-state index in [1.165, 1.54) is 22.5 Å². The molecule has 1 aliphatic rings. The number of rotatable bonds is 4. The van der Waals surface area contributed by atoms with E-state index in [-0.39, 0.29) is 24.9 Å². The molecule has 5 nitrogen and oxygen atoms in total. The molecule has 0 radical (unpaired) electrons. The number of halogens is 2. The van der Waals surface area contributed by atoms with E-state index in [0.717, 1.165) is 22.3 Å². The maximum Gasteiger partial charge on any atom is 0.243 e. The zero-order chi connectivity index (χ0) is 22.2. The summed E-state index contributed by atoms with van der Waals surface area (Å²) < 4.78 is 41.9. The highest BCUT2D eigenvalue weighted by molar-refractivity contribution is 9.10. The average molecular weight is 497 g/mol. The minimum absolute atomic E-state index is 0.182. The van der Waals surface area contributed by atoms with Gasteiger partial charge in [-0.2, -0.15) is 4.31 Å². The van der Waals surface area contributed by atoms with Crippen molar-refractivity contribution >= 4 is 37.5 Å². The highest BCUT2D eigenvalue weighted by atomic mass is 79.9. The molecule has 0 spiro atoms. The Bertz CT molecular complexity index is 1070. The van der Waals surface area contributed by atoms with E-state index in [4.69, 9.17) is 0 Å². The van der Waals surface area contributed by atoms with Gasteiger partial charge in [0.15, 0.2) is 0 Å². The van der Waals surface area contributed by atoms with Crippen molar-refractivity contribution in [2.75, 3.05) is 18.4 Å². The predicted octanol–water partition coefficient (Wildman–Crippen LogP) is 4.86. The van der Waals surface area contributed by atoms with Gasteiger partial charge in [-0.15, -0.1) is 0 Å². The fraction of sp³-hybridized carbons (Fsp3) is 0.409. The van der Waals surface area contributed by atoms with Crippen molar-refractivity contribution in [1.82, 2.24) is 4.31 Å². The van der Waals surface area contributed by atoms with E-state index in [2.05, 4.69) is 21.2 Å². The number of carbonyl (C=O) groups is 1. The largest absolute Gasteiger partial charge is 0.325 e. The van der Waals surface area contributed by atoms with Gasteiger partial charge in [-0.3, -0.25) is 4.79 Å². The van der Waals surface area contributed by atoms with Crippen LogP contribution in [0.5, 0.6) is 0 Å². The van der Waals surface area contributed by atoms with Crippen LogP contribution in [-0.2, 0) is 14.8 Å². The molecule has 3 rings (SSSR count). The molecule has 1 heterocycles. The standard InChI is InChI=1S/C22H26BrFN2O3S/c1-13-11-14(2)16(4)21(15(13)3)30(28,29)26-9-7-17(8-10-26)22(27)25-20-6-5-18(24)12-19(20)23/h5-6,11-12,17H,7-10H2,1-4H3,(H,25,27). The molecule has 0 aromatic heterocycles. The summed E-state index contributed by atoms with van der Waals surface area (Å²) in [6.45, 7) is 8.11. The van der Waals surface area contributed by atoms with Crippen LogP contribution in [0.15, 0.2) is 33.6 Å². The number of carbonyl (C=O) groups excluding carboxylic acids is 1. The van der Waals surface area contributed by atoms with Crippen molar-refractivity contribution in [1.29, 1.82) is 0 Å². The molecule has 0 unspecified atom stereocenters. The van der Waals surface area contributed by atoms with E-state index in [1.54, 1.807) is 0 Å². The van der Waals surface area contributed by atoms with E-state index >= 15 is 0 Å². The van der Waals surface area contributed by atoms with E-state index in [9.17, 15) is 17.6 Å². The molecule has 2 aromatic carbocycles. The SMILES string of the molecule is Cc1cc(C)c(C)c(S(=O)(=O)N2CCC(C(=O)Nc3ccc(F)cc3Br)CC2)c1C. The summed E-state index contributed by atoms with van der Waals surface area (Å²) in [4.78, 5) is 13.0. The molecule has 1 N–H and O–H groups in total. The molecule has 1 saturated heterocycles. The second-order valence-electron chi connectivity index (χ2n) is 7.88. The van der Waals surface area contributed by atoms with Gasteiger partial charge in [0.25, 0.3) is 0 Å². The van der Waals surface area contributed by atoms with Gasteiger partial charge in [-0.1, -0.05) is 6.07 Å². The Morgan fingerprint density at radius 3 is 2.17 bits per heavy atom. The van der Waals surface area contributed by atoms with Crippen LogP contribution < -0.4 is 5.32 Å². The van der Waals surface area contributed by atoms with E-state index < -0.39 is 15.8 Å². The molecule has 1 amide bonds. The Kier molecular flexibility index (Phi) is 6.69. The molecule has 1 aliphatic heterocycles. The maximum absolute atomic E-state index is 13.4. The molecule has 30 heavy (non-hydrogen) atoms. The van der Waals surface area contributed by atoms with Crippen LogP contribution >= 0.6 is 15.9 Å². The highest BCUT2D eigenvalue weighted by Crippen LogP contribution is 2.32. The smallest absolute Gasteiger partial charge is 0.243 e. The summed E-state index contributed by atoms with van der Waals surface area (Å²) in [5.41, 5.74) is 3.96. The number of anilines is 1. The number of amides is 1. The first-order chi connectivity index (χ1) is 14.0. The number of hydrogen-bond donors (Lipinski definition) is 1. The van der Waals surface area contributed by atoms with Gasteiger partial charge in [0.1, 0.15) is 5.82 Å². The minimum Gasteiger partial charge on any atom is -0.325 e. The van der Waals surface area contributed by atoms with Crippen molar-refractivity contribution in [2.45, 2.75) is 45.4 Å². The van der Waals surface area contributed by atoms with Crippen molar-refractivity contribution in [2.24, 2.45) is 5.92 Å². The van der Waals surface area contributed by atoms with Crippen molar-refractivity contribution in [3.05, 3.63) is 56.8 Å². The summed E-state index contributed by atoms with van der Waals surface area (Å²) in [7, 11) is -3.64. The molecule has 1 fully saturated rings. The molecule has 0 saturated carbocycles. The normalized spacial score (nSPS) is 15.9. The van der Waals surface area contributed by atoms with Gasteiger partial charge in [0.05, 0.1) is 10.6 Å². The van der Waals surface area contributed by atoms with Gasteiger partial charge < -0.3 is 5.32 Å². The third kappa shape index (κ3) is 4.45. The number of nitrogens with zero attached hydrogens (tertiary/aromatic N) is 1. The van der Waals surface area contributed by atoms with Gasteiger partial charge in [0.2, 0.25) is 15.9 Å². The minimum atomic E-state index is -3.64. The van der Waals surface area contributed by atoms with Gasteiger partial charge in [0, 0.05) is 23.5 Å². The van der Waals surface area contributed by atoms with Crippen molar-refractivity contribution < 1.29 is 17.6 Å². The predicted molar refractivity (Wildman–Crippen MR) is 120 cm³/mol. The topological polar surface area (TPSA) is 66.5 Å². The summed E-state index contributed by atoms with van der Waals surface area (Å²) in [5.74, 6) is -0.872. The molecule has 0 atom stereocenters. The zero-order valence-electron chi connectivity index (χ0n) is 17.6. The van der Waals surface area contributed by atoms with Crippen LogP contribution in [-0.4, -0.2) is 31.7 Å². The number of benzene rings is 2. The molecule has 0 aliphatic carbocycles. The van der Waals surface area contributed by atoms with Gasteiger partial charge >= 0.3 is 0 Å². The van der Waals surface area contributed by atoms with Gasteiger partial charge in [-0.25, -0.2) is 12.8 Å². The Morgan fingerprint density at radius 1 is 1.07 bits per heavy atom. The van der Waals surface area contributed by atoms with Crippen molar-refractivity contribution in [3.63, 3.8) is 0 Å². The number of sulfonamides is 1. The molecule has 162 valence electrons. The first kappa shape index (κ1) is 22.9. The maximum atomic E-state index is 13.4. The molecular weight excluding hydrogens is 471 g/mol. The van der Waals surface area contributed by atoms with Gasteiger partial charge in [-0.05, 0) is 96.9 Å². The second kappa shape index (κ2) is 8.77. The summed E-state index contributed by atoms with van der Waals surface area (Å²) in [6.07, 6.45) is 0.875. The third-order valence-corrected chi connectivity index (χ3v) is 8.74. The first-order valence-electron chi connectivity index (χ1n) is 9.86. The van der Waals surface area contributed by atoms with Crippen LogP contribution in [0.25, 0.3) is 0 Å². The summed E-state index contributed by atoms with van der Waals surface area (Å²) >= 11 is 3.24. The lowest BCUT2D eigenvalue weighted by Crippen LogP contribution is -2.42. The third-order valence-electron chi connectivity index (χ3n) is 5.91. The average Bonchev–Trinajstić information content (AvgIpc) is 2.68. The van der Waals surface area contributed by atoms with Crippen molar-refractivity contribution in [3.8, 4) is 0 Å².